The Balaban J connectivity index is 1.48. The van der Waals surface area contributed by atoms with Gasteiger partial charge in [0.2, 0.25) is 0 Å². The van der Waals surface area contributed by atoms with E-state index in [1.165, 1.54) is 5.56 Å². The summed E-state index contributed by atoms with van der Waals surface area (Å²) in [7, 11) is 1.65. The molecule has 1 aromatic heterocycles. The lowest BCUT2D eigenvalue weighted by Crippen LogP contribution is -2.31. The van der Waals surface area contributed by atoms with E-state index in [2.05, 4.69) is 48.3 Å². The summed E-state index contributed by atoms with van der Waals surface area (Å²) in [5.41, 5.74) is 5.43. The molecule has 1 N–H and O–H groups in total. The van der Waals surface area contributed by atoms with Crippen LogP contribution in [0.1, 0.15) is 53.5 Å². The molecule has 6 nitrogen and oxygen atoms in total. The van der Waals surface area contributed by atoms with Crippen LogP contribution in [0, 0.1) is 5.92 Å². The number of hydrogen-bond acceptors (Lipinski definition) is 4. The van der Waals surface area contributed by atoms with Gasteiger partial charge >= 0.3 is 0 Å². The first-order valence-corrected chi connectivity index (χ1v) is 12.9. The number of nitrogens with zero attached hydrogens (tertiary/aromatic N) is 2. The monoisotopic (exact) mass is 495 g/mol. The van der Waals surface area contributed by atoms with Crippen molar-refractivity contribution in [3.63, 3.8) is 0 Å². The maximum atomic E-state index is 13.6. The van der Waals surface area contributed by atoms with Crippen LogP contribution >= 0.6 is 0 Å². The average molecular weight is 496 g/mol. The minimum absolute atomic E-state index is 0.0274. The van der Waals surface area contributed by atoms with Crippen molar-refractivity contribution in [1.82, 2.24) is 15.1 Å². The van der Waals surface area contributed by atoms with Crippen LogP contribution in [0.4, 0.5) is 0 Å². The predicted molar refractivity (Wildman–Crippen MR) is 145 cm³/mol. The Bertz CT molecular complexity index is 1330. The van der Waals surface area contributed by atoms with Crippen molar-refractivity contribution in [3.05, 3.63) is 101 Å². The Morgan fingerprint density at radius 1 is 0.946 bits per heavy atom. The van der Waals surface area contributed by atoms with Gasteiger partial charge in [-0.1, -0.05) is 56.3 Å². The highest BCUT2D eigenvalue weighted by atomic mass is 16.5. The van der Waals surface area contributed by atoms with E-state index in [-0.39, 0.29) is 11.9 Å². The Morgan fingerprint density at radius 2 is 1.65 bits per heavy atom. The van der Waals surface area contributed by atoms with Gasteiger partial charge in [-0.15, -0.1) is 0 Å². The Hall–Kier alpha value is -4.06. The Kier molecular flexibility index (Phi) is 7.26. The number of carbonyl (C=O) groups excluding carboxylic acids is 1. The minimum atomic E-state index is -0.244. The summed E-state index contributed by atoms with van der Waals surface area (Å²) in [5, 5.41) is 7.62. The average Bonchev–Trinajstić information content (AvgIpc) is 3.47. The molecule has 1 aliphatic heterocycles. The number of carbonyl (C=O) groups is 1. The fourth-order valence-electron chi connectivity index (χ4n) is 4.80. The van der Waals surface area contributed by atoms with E-state index in [4.69, 9.17) is 9.47 Å². The standard InChI is InChI=1S/C31H33N3O3/c1-21(2)18-20-37-26-15-11-24(12-16-26)30-27-28(23-9-13-25(36-3)14-10-23)32-33-29(27)31(35)34(30)19-17-22-7-5-4-6-8-22/h4-16,21,30H,17-20H2,1-3H3,(H,32,33). The lowest BCUT2D eigenvalue weighted by molar-refractivity contribution is 0.0746. The molecule has 0 spiro atoms. The number of nitrogens with one attached hydrogen (secondary N) is 1. The van der Waals surface area contributed by atoms with Gasteiger partial charge in [-0.05, 0) is 66.3 Å². The third-order valence-electron chi connectivity index (χ3n) is 6.87. The van der Waals surface area contributed by atoms with Gasteiger partial charge in [-0.3, -0.25) is 9.89 Å². The number of H-pyrrole nitrogens is 1. The van der Waals surface area contributed by atoms with Crippen LogP contribution in [-0.4, -0.2) is 41.3 Å². The maximum Gasteiger partial charge on any atom is 0.273 e. The fourth-order valence-corrected chi connectivity index (χ4v) is 4.80. The van der Waals surface area contributed by atoms with E-state index in [0.717, 1.165) is 46.7 Å². The van der Waals surface area contributed by atoms with Crippen LogP contribution in [0.15, 0.2) is 78.9 Å². The summed E-state index contributed by atoms with van der Waals surface area (Å²) in [6.45, 7) is 5.67. The molecule has 0 saturated heterocycles. The van der Waals surface area contributed by atoms with Crippen molar-refractivity contribution in [2.75, 3.05) is 20.3 Å². The van der Waals surface area contributed by atoms with Crippen LogP contribution in [-0.2, 0) is 6.42 Å². The van der Waals surface area contributed by atoms with Gasteiger partial charge in [0.25, 0.3) is 5.91 Å². The molecular formula is C31H33N3O3. The molecule has 1 aliphatic rings. The van der Waals surface area contributed by atoms with Gasteiger partial charge < -0.3 is 14.4 Å². The number of benzene rings is 3. The van der Waals surface area contributed by atoms with Crippen LogP contribution in [0.3, 0.4) is 0 Å². The number of aromatic nitrogens is 2. The number of ether oxygens (including phenoxy) is 2. The summed E-state index contributed by atoms with van der Waals surface area (Å²) in [4.78, 5) is 15.6. The van der Waals surface area contributed by atoms with E-state index >= 15 is 0 Å². The molecule has 3 aromatic carbocycles. The molecule has 1 atom stereocenters. The van der Waals surface area contributed by atoms with Gasteiger partial charge in [0.15, 0.2) is 0 Å². The second-order valence-corrected chi connectivity index (χ2v) is 9.83. The molecule has 4 aromatic rings. The molecule has 0 radical (unpaired) electrons. The number of methoxy groups -OCH3 is 1. The number of rotatable bonds is 10. The summed E-state index contributed by atoms with van der Waals surface area (Å²) < 4.78 is 11.3. The van der Waals surface area contributed by atoms with Gasteiger partial charge in [-0.2, -0.15) is 5.10 Å². The van der Waals surface area contributed by atoms with Crippen LogP contribution < -0.4 is 9.47 Å². The molecule has 0 saturated carbocycles. The molecule has 6 heteroatoms. The second kappa shape index (κ2) is 10.9. The third-order valence-corrected chi connectivity index (χ3v) is 6.87. The van der Waals surface area contributed by atoms with Crippen molar-refractivity contribution >= 4 is 5.91 Å². The molecule has 1 amide bonds. The van der Waals surface area contributed by atoms with Gasteiger partial charge in [0.1, 0.15) is 17.2 Å². The zero-order valence-corrected chi connectivity index (χ0v) is 21.6. The predicted octanol–water partition coefficient (Wildman–Crippen LogP) is 6.30. The zero-order valence-electron chi connectivity index (χ0n) is 21.6. The highest BCUT2D eigenvalue weighted by Gasteiger charge is 2.41. The maximum absolute atomic E-state index is 13.6. The summed E-state index contributed by atoms with van der Waals surface area (Å²) in [5.74, 6) is 2.19. The first-order chi connectivity index (χ1) is 18.0. The van der Waals surface area contributed by atoms with Crippen molar-refractivity contribution in [3.8, 4) is 22.8 Å². The first-order valence-electron chi connectivity index (χ1n) is 12.9. The smallest absolute Gasteiger partial charge is 0.273 e. The van der Waals surface area contributed by atoms with Crippen LogP contribution in [0.25, 0.3) is 11.3 Å². The van der Waals surface area contributed by atoms with E-state index < -0.39 is 0 Å². The summed E-state index contributed by atoms with van der Waals surface area (Å²) in [6.07, 6.45) is 1.78. The van der Waals surface area contributed by atoms with E-state index in [1.807, 2.05) is 59.5 Å². The van der Waals surface area contributed by atoms with Crippen molar-refractivity contribution < 1.29 is 14.3 Å². The van der Waals surface area contributed by atoms with Crippen LogP contribution in [0.2, 0.25) is 0 Å². The van der Waals surface area contributed by atoms with Gasteiger partial charge in [0, 0.05) is 17.7 Å². The largest absolute Gasteiger partial charge is 0.497 e. The molecule has 1 unspecified atom stereocenters. The summed E-state index contributed by atoms with van der Waals surface area (Å²) in [6, 6.07) is 26.0. The molecule has 0 bridgehead atoms. The molecular weight excluding hydrogens is 462 g/mol. The van der Waals surface area contributed by atoms with E-state index in [9.17, 15) is 4.79 Å². The highest BCUT2D eigenvalue weighted by molar-refractivity contribution is 6.00. The number of aromatic amines is 1. The van der Waals surface area contributed by atoms with E-state index in [1.54, 1.807) is 7.11 Å². The molecule has 2 heterocycles. The molecule has 5 rings (SSSR count). The minimum Gasteiger partial charge on any atom is -0.497 e. The van der Waals surface area contributed by atoms with E-state index in [0.29, 0.717) is 24.8 Å². The van der Waals surface area contributed by atoms with Gasteiger partial charge in [-0.25, -0.2) is 0 Å². The van der Waals surface area contributed by atoms with Crippen molar-refractivity contribution in [1.29, 1.82) is 0 Å². The Labute approximate surface area is 218 Å². The zero-order chi connectivity index (χ0) is 25.8. The lowest BCUT2D eigenvalue weighted by atomic mass is 9.95. The molecule has 0 fully saturated rings. The normalized spacial score (nSPS) is 14.8. The first kappa shape index (κ1) is 24.6. The SMILES string of the molecule is COc1ccc(-c2n[nH]c3c2C(c2ccc(OCCC(C)C)cc2)N(CCc2ccccc2)C3=O)cc1. The lowest BCUT2D eigenvalue weighted by Gasteiger charge is -2.26. The number of amides is 1. The highest BCUT2D eigenvalue weighted by Crippen LogP contribution is 2.43. The third kappa shape index (κ3) is 5.24. The Morgan fingerprint density at radius 3 is 2.32 bits per heavy atom. The topological polar surface area (TPSA) is 67.5 Å². The molecule has 190 valence electrons. The quantitative estimate of drug-likeness (QED) is 0.280. The summed E-state index contributed by atoms with van der Waals surface area (Å²) >= 11 is 0. The second-order valence-electron chi connectivity index (χ2n) is 9.83. The molecule has 0 aliphatic carbocycles. The van der Waals surface area contributed by atoms with Crippen molar-refractivity contribution in [2.45, 2.75) is 32.7 Å². The number of fused-ring (bicyclic) bond motifs is 1. The van der Waals surface area contributed by atoms with Gasteiger partial charge in [0.05, 0.1) is 25.5 Å². The molecule has 37 heavy (non-hydrogen) atoms. The van der Waals surface area contributed by atoms with Crippen LogP contribution in [0.5, 0.6) is 11.5 Å². The fraction of sp³-hybridized carbons (Fsp3) is 0.290. The number of hydrogen-bond donors (Lipinski definition) is 1. The van der Waals surface area contributed by atoms with Crippen molar-refractivity contribution in [2.24, 2.45) is 5.92 Å².